The predicted molar refractivity (Wildman–Crippen MR) is 153 cm³/mol. The van der Waals surface area contributed by atoms with Crippen molar-refractivity contribution in [1.29, 1.82) is 0 Å². The standard InChI is InChI=1S/C29H32ClF3N6O4/c1-15-23(30)18(25(40)35-17-8-6-10-38(2)14-17)11-21(42-4)24(15)36-28-34-12-19(29(31,32)33)26(37-28)43-20-9-5-7-16-13-39(3)27(41)22(16)20/h5,7,9,11-12,15,17,24H,6,8,10,13-14H2,1-4H3,(H,35,40)(H,34,36,37)/t15?,17-,24?/m0/s1. The molecule has 1 saturated heterocycles. The van der Waals surface area contributed by atoms with Gasteiger partial charge in [-0.25, -0.2) is 4.98 Å². The summed E-state index contributed by atoms with van der Waals surface area (Å²) in [5, 5.41) is 6.28. The fourth-order valence-electron chi connectivity index (χ4n) is 5.55. The molecule has 3 atom stereocenters. The van der Waals surface area contributed by atoms with E-state index < -0.39 is 29.6 Å². The fraction of sp³-hybridized carbons (Fsp3) is 0.448. The summed E-state index contributed by atoms with van der Waals surface area (Å²) in [7, 11) is 5.01. The fourth-order valence-corrected chi connectivity index (χ4v) is 5.81. The van der Waals surface area contributed by atoms with Crippen LogP contribution in [0.3, 0.4) is 0 Å². The van der Waals surface area contributed by atoms with Crippen molar-refractivity contribution in [3.63, 3.8) is 0 Å². The van der Waals surface area contributed by atoms with Crippen LogP contribution >= 0.6 is 11.6 Å². The minimum atomic E-state index is -4.83. The predicted octanol–water partition coefficient (Wildman–Crippen LogP) is 4.54. The van der Waals surface area contributed by atoms with Gasteiger partial charge in [-0.05, 0) is 44.1 Å². The number of ether oxygens (including phenoxy) is 2. The Hall–Kier alpha value is -3.84. The van der Waals surface area contributed by atoms with E-state index in [2.05, 4.69) is 25.5 Å². The second kappa shape index (κ2) is 12.0. The van der Waals surface area contributed by atoms with Gasteiger partial charge in [0.15, 0.2) is 0 Å². The molecule has 14 heteroatoms. The van der Waals surface area contributed by atoms with Gasteiger partial charge in [0.2, 0.25) is 11.8 Å². The number of rotatable bonds is 7. The molecular formula is C29H32ClF3N6O4. The lowest BCUT2D eigenvalue weighted by Gasteiger charge is -2.33. The zero-order valence-electron chi connectivity index (χ0n) is 24.1. The molecule has 3 heterocycles. The summed E-state index contributed by atoms with van der Waals surface area (Å²) >= 11 is 6.68. The molecule has 0 saturated carbocycles. The van der Waals surface area contributed by atoms with Gasteiger partial charge in [0, 0.05) is 43.3 Å². The average Bonchev–Trinajstić information content (AvgIpc) is 3.24. The number of likely N-dealkylation sites (tertiary alicyclic amines) is 1. The molecule has 5 rings (SSSR count). The quantitative estimate of drug-likeness (QED) is 0.465. The highest BCUT2D eigenvalue weighted by atomic mass is 35.5. The highest BCUT2D eigenvalue weighted by Gasteiger charge is 2.39. The highest BCUT2D eigenvalue weighted by molar-refractivity contribution is 6.32. The number of aromatic nitrogens is 2. The Labute approximate surface area is 251 Å². The number of nitrogens with zero attached hydrogens (tertiary/aromatic N) is 4. The first-order chi connectivity index (χ1) is 20.4. The first kappa shape index (κ1) is 30.6. The van der Waals surface area contributed by atoms with E-state index in [1.165, 1.54) is 24.2 Å². The monoisotopic (exact) mass is 620 g/mol. The molecule has 10 nitrogen and oxygen atoms in total. The van der Waals surface area contributed by atoms with Crippen LogP contribution in [0.1, 0.15) is 41.3 Å². The van der Waals surface area contributed by atoms with Gasteiger partial charge in [-0.1, -0.05) is 30.7 Å². The van der Waals surface area contributed by atoms with Crippen LogP contribution in [-0.2, 0) is 22.3 Å². The number of hydrogen-bond acceptors (Lipinski definition) is 8. The van der Waals surface area contributed by atoms with Crippen LogP contribution in [0.15, 0.2) is 46.8 Å². The molecule has 3 aliphatic rings. The van der Waals surface area contributed by atoms with Gasteiger partial charge in [-0.3, -0.25) is 9.59 Å². The number of halogens is 4. The van der Waals surface area contributed by atoms with E-state index in [4.69, 9.17) is 21.1 Å². The summed E-state index contributed by atoms with van der Waals surface area (Å²) in [4.78, 5) is 37.4. The summed E-state index contributed by atoms with van der Waals surface area (Å²) in [5.41, 5.74) is -0.144. The number of carbonyl (C=O) groups is 2. The number of piperidine rings is 1. The number of likely N-dealkylation sites (N-methyl/N-ethyl adjacent to an activating group) is 1. The van der Waals surface area contributed by atoms with E-state index in [0.717, 1.165) is 25.9 Å². The van der Waals surface area contributed by atoms with Crippen molar-refractivity contribution in [2.45, 2.75) is 44.6 Å². The maximum atomic E-state index is 13.9. The van der Waals surface area contributed by atoms with Gasteiger partial charge in [-0.15, -0.1) is 0 Å². The van der Waals surface area contributed by atoms with Crippen LogP contribution in [0.5, 0.6) is 11.6 Å². The summed E-state index contributed by atoms with van der Waals surface area (Å²) in [6, 6.07) is 4.00. The molecule has 0 bridgehead atoms. The van der Waals surface area contributed by atoms with E-state index in [-0.39, 0.29) is 45.7 Å². The number of anilines is 1. The third-order valence-electron chi connectivity index (χ3n) is 7.82. The van der Waals surface area contributed by atoms with Crippen molar-refractivity contribution in [2.24, 2.45) is 5.92 Å². The Morgan fingerprint density at radius 3 is 2.70 bits per heavy atom. The molecule has 2 amide bonds. The maximum absolute atomic E-state index is 13.9. The first-order valence-electron chi connectivity index (χ1n) is 13.8. The Balaban J connectivity index is 1.41. The molecule has 1 aromatic carbocycles. The average molecular weight is 621 g/mol. The third-order valence-corrected chi connectivity index (χ3v) is 8.37. The SMILES string of the molecule is COC1=CC(C(=O)N[C@H]2CCCN(C)C2)=C(Cl)C(C)C1Nc1ncc(C(F)(F)F)c(Oc2cccc3c2C(=O)N(C)C3)n1. The topological polar surface area (TPSA) is 109 Å². The lowest BCUT2D eigenvalue weighted by molar-refractivity contribution is -0.139. The molecule has 0 spiro atoms. The molecule has 0 radical (unpaired) electrons. The third kappa shape index (κ3) is 6.28. The second-order valence-electron chi connectivity index (χ2n) is 11.0. The lowest BCUT2D eigenvalue weighted by Crippen LogP contribution is -2.47. The molecule has 2 aromatic rings. The molecule has 1 fully saturated rings. The smallest absolute Gasteiger partial charge is 0.423 e. The molecule has 1 aliphatic carbocycles. The van der Waals surface area contributed by atoms with Crippen LogP contribution in [0.4, 0.5) is 19.1 Å². The van der Waals surface area contributed by atoms with Crippen LogP contribution in [0.2, 0.25) is 0 Å². The van der Waals surface area contributed by atoms with Gasteiger partial charge < -0.3 is 29.9 Å². The molecule has 2 N–H and O–H groups in total. The van der Waals surface area contributed by atoms with E-state index in [0.29, 0.717) is 24.1 Å². The number of carbonyl (C=O) groups excluding carboxylic acids is 2. The van der Waals surface area contributed by atoms with Crippen molar-refractivity contribution in [3.05, 3.63) is 63.5 Å². The minimum Gasteiger partial charge on any atom is -0.499 e. The minimum absolute atomic E-state index is 0.0192. The number of amides is 2. The number of benzene rings is 1. The molecule has 43 heavy (non-hydrogen) atoms. The van der Waals surface area contributed by atoms with E-state index in [9.17, 15) is 22.8 Å². The van der Waals surface area contributed by atoms with Gasteiger partial charge in [0.1, 0.15) is 17.1 Å². The summed E-state index contributed by atoms with van der Waals surface area (Å²) in [6.45, 7) is 3.76. The summed E-state index contributed by atoms with van der Waals surface area (Å²) in [5.74, 6) is -1.92. The van der Waals surface area contributed by atoms with E-state index >= 15 is 0 Å². The Morgan fingerprint density at radius 1 is 1.23 bits per heavy atom. The maximum Gasteiger partial charge on any atom is 0.423 e. The van der Waals surface area contributed by atoms with E-state index in [1.54, 1.807) is 26.1 Å². The van der Waals surface area contributed by atoms with Gasteiger partial charge in [0.25, 0.3) is 11.8 Å². The summed E-state index contributed by atoms with van der Waals surface area (Å²) < 4.78 is 53.1. The Kier molecular flexibility index (Phi) is 8.57. The van der Waals surface area contributed by atoms with Crippen LogP contribution in [-0.4, -0.2) is 78.0 Å². The largest absolute Gasteiger partial charge is 0.499 e. The van der Waals surface area contributed by atoms with Gasteiger partial charge >= 0.3 is 6.18 Å². The van der Waals surface area contributed by atoms with Crippen LogP contribution in [0.25, 0.3) is 0 Å². The van der Waals surface area contributed by atoms with Crippen molar-refractivity contribution in [2.75, 3.05) is 39.6 Å². The normalized spacial score (nSPS) is 22.7. The van der Waals surface area contributed by atoms with Crippen LogP contribution < -0.4 is 15.4 Å². The van der Waals surface area contributed by atoms with Gasteiger partial charge in [-0.2, -0.15) is 18.2 Å². The number of methoxy groups -OCH3 is 1. The molecule has 2 aliphatic heterocycles. The Morgan fingerprint density at radius 2 is 2.00 bits per heavy atom. The van der Waals surface area contributed by atoms with Crippen LogP contribution in [0, 0.1) is 5.92 Å². The molecular weight excluding hydrogens is 589 g/mol. The number of fused-ring (bicyclic) bond motifs is 1. The van der Waals surface area contributed by atoms with Crippen molar-refractivity contribution >= 4 is 29.4 Å². The molecule has 230 valence electrons. The summed E-state index contributed by atoms with van der Waals surface area (Å²) in [6.07, 6.45) is -0.881. The van der Waals surface area contributed by atoms with Gasteiger partial charge in [0.05, 0.1) is 24.3 Å². The highest BCUT2D eigenvalue weighted by Crippen LogP contribution is 2.40. The van der Waals surface area contributed by atoms with Crippen molar-refractivity contribution in [3.8, 4) is 11.6 Å². The van der Waals surface area contributed by atoms with Crippen molar-refractivity contribution < 1.29 is 32.2 Å². The van der Waals surface area contributed by atoms with E-state index in [1.807, 2.05) is 7.05 Å². The molecule has 2 unspecified atom stereocenters. The Bertz CT molecular complexity index is 1500. The van der Waals surface area contributed by atoms with Crippen molar-refractivity contribution in [1.82, 2.24) is 25.1 Å². The lowest BCUT2D eigenvalue weighted by atomic mass is 9.90. The molecule has 1 aromatic heterocycles. The zero-order valence-corrected chi connectivity index (χ0v) is 24.8. The number of hydrogen-bond donors (Lipinski definition) is 2. The number of alkyl halides is 3. The first-order valence-corrected chi connectivity index (χ1v) is 14.2. The number of nitrogens with one attached hydrogen (secondary N) is 2. The zero-order chi connectivity index (χ0) is 31.1. The second-order valence-corrected chi connectivity index (χ2v) is 11.4.